The highest BCUT2D eigenvalue weighted by Gasteiger charge is 2.34. The maximum Gasteiger partial charge on any atom is 0.253 e. The predicted molar refractivity (Wildman–Crippen MR) is 98.6 cm³/mol. The lowest BCUT2D eigenvalue weighted by Gasteiger charge is -2.17. The van der Waals surface area contributed by atoms with E-state index < -0.39 is 6.10 Å². The van der Waals surface area contributed by atoms with Gasteiger partial charge in [-0.15, -0.1) is 5.10 Å². The van der Waals surface area contributed by atoms with Crippen LogP contribution in [0.25, 0.3) is 5.69 Å². The zero-order valence-electron chi connectivity index (χ0n) is 14.4. The average Bonchev–Trinajstić information content (AvgIpc) is 3.38. The molecular formula is C18H19ClN6O2. The molecule has 4 rings (SSSR count). The second kappa shape index (κ2) is 7.50. The fraction of sp³-hybridized carbons (Fsp3) is 0.333. The van der Waals surface area contributed by atoms with Crippen LogP contribution in [-0.4, -0.2) is 47.9 Å². The highest BCUT2D eigenvalue weighted by Crippen LogP contribution is 2.28. The average molecular weight is 387 g/mol. The quantitative estimate of drug-likeness (QED) is 0.695. The molecule has 1 fully saturated rings. The maximum atomic E-state index is 12.8. The Hall–Kier alpha value is -2.71. The number of carbonyl (C=O) groups is 1. The van der Waals surface area contributed by atoms with E-state index in [1.165, 1.54) is 0 Å². The van der Waals surface area contributed by atoms with Crippen molar-refractivity contribution in [1.82, 2.24) is 30.1 Å². The molecule has 3 atom stereocenters. The fourth-order valence-electron chi connectivity index (χ4n) is 3.57. The summed E-state index contributed by atoms with van der Waals surface area (Å²) in [5, 5.41) is 25.9. The number of aliphatic hydroxyl groups excluding tert-OH is 1. The Labute approximate surface area is 160 Å². The van der Waals surface area contributed by atoms with Crippen molar-refractivity contribution >= 4 is 17.5 Å². The van der Waals surface area contributed by atoms with Crippen molar-refractivity contribution in [3.8, 4) is 5.69 Å². The summed E-state index contributed by atoms with van der Waals surface area (Å²) in [4.78, 5) is 12.8. The number of nitrogens with one attached hydrogen (secondary N) is 1. The topological polar surface area (TPSA) is 97.9 Å². The number of hydrogen-bond donors (Lipinski definition) is 2. The number of aromatic nitrogens is 5. The van der Waals surface area contributed by atoms with Crippen LogP contribution in [0.2, 0.25) is 5.02 Å². The standard InChI is InChI=1S/C18H19ClN6O2/c19-13-9-21-24(11-13)10-12-7-15(17(26)8-12)22-18(27)14-3-1-2-4-16(14)25-6-5-20-23-25/h1-6,9,11-12,15,17,26H,7-8,10H2,(H,22,27)/t12?,15-,17-/m1/s1. The molecule has 27 heavy (non-hydrogen) atoms. The number of para-hydroxylation sites is 1. The molecule has 2 N–H and O–H groups in total. The van der Waals surface area contributed by atoms with Gasteiger partial charge in [0.25, 0.3) is 5.91 Å². The lowest BCUT2D eigenvalue weighted by Crippen LogP contribution is -2.40. The minimum absolute atomic E-state index is 0.215. The first kappa shape index (κ1) is 17.7. The molecular weight excluding hydrogens is 368 g/mol. The summed E-state index contributed by atoms with van der Waals surface area (Å²) in [6.45, 7) is 0.658. The second-order valence-corrected chi connectivity index (χ2v) is 7.17. The zero-order chi connectivity index (χ0) is 18.8. The van der Waals surface area contributed by atoms with E-state index in [1.807, 2.05) is 6.07 Å². The van der Waals surface area contributed by atoms with E-state index in [-0.39, 0.29) is 17.9 Å². The van der Waals surface area contributed by atoms with Gasteiger partial charge in [-0.25, -0.2) is 4.68 Å². The minimum atomic E-state index is -0.594. The first-order chi connectivity index (χ1) is 13.1. The summed E-state index contributed by atoms with van der Waals surface area (Å²) < 4.78 is 3.31. The van der Waals surface area contributed by atoms with Crippen LogP contribution in [0.3, 0.4) is 0 Å². The predicted octanol–water partition coefficient (Wildman–Crippen LogP) is 1.69. The minimum Gasteiger partial charge on any atom is -0.391 e. The molecule has 1 aliphatic rings. The molecule has 0 aliphatic heterocycles. The molecule has 9 heteroatoms. The largest absolute Gasteiger partial charge is 0.391 e. The summed E-state index contributed by atoms with van der Waals surface area (Å²) in [6.07, 6.45) is 7.27. The van der Waals surface area contributed by atoms with Crippen LogP contribution < -0.4 is 5.32 Å². The van der Waals surface area contributed by atoms with E-state index in [0.717, 1.165) is 0 Å². The molecule has 1 unspecified atom stereocenters. The van der Waals surface area contributed by atoms with Crippen molar-refractivity contribution in [2.75, 3.05) is 0 Å². The van der Waals surface area contributed by atoms with Gasteiger partial charge in [-0.05, 0) is 30.9 Å². The Morgan fingerprint density at radius 3 is 2.93 bits per heavy atom. The van der Waals surface area contributed by atoms with Gasteiger partial charge in [0, 0.05) is 12.7 Å². The van der Waals surface area contributed by atoms with Crippen LogP contribution in [0.4, 0.5) is 0 Å². The molecule has 1 aliphatic carbocycles. The van der Waals surface area contributed by atoms with Gasteiger partial charge in [-0.1, -0.05) is 28.9 Å². The van der Waals surface area contributed by atoms with Gasteiger partial charge in [0.15, 0.2) is 0 Å². The van der Waals surface area contributed by atoms with Crippen LogP contribution in [-0.2, 0) is 6.54 Å². The lowest BCUT2D eigenvalue weighted by molar-refractivity contribution is 0.0872. The zero-order valence-corrected chi connectivity index (χ0v) is 15.2. The normalized spacial score (nSPS) is 22.1. The maximum absolute atomic E-state index is 12.8. The molecule has 2 aromatic heterocycles. The first-order valence-electron chi connectivity index (χ1n) is 8.73. The monoisotopic (exact) mass is 386 g/mol. The van der Waals surface area contributed by atoms with Crippen LogP contribution in [0, 0.1) is 5.92 Å². The van der Waals surface area contributed by atoms with E-state index in [4.69, 9.17) is 11.6 Å². The van der Waals surface area contributed by atoms with Crippen molar-refractivity contribution in [2.24, 2.45) is 5.92 Å². The van der Waals surface area contributed by atoms with Crippen LogP contribution in [0.5, 0.6) is 0 Å². The van der Waals surface area contributed by atoms with Crippen molar-refractivity contribution < 1.29 is 9.90 Å². The first-order valence-corrected chi connectivity index (χ1v) is 9.10. The molecule has 2 heterocycles. The van der Waals surface area contributed by atoms with Gasteiger partial charge < -0.3 is 10.4 Å². The number of nitrogens with zero attached hydrogens (tertiary/aromatic N) is 5. The van der Waals surface area contributed by atoms with E-state index in [9.17, 15) is 9.90 Å². The summed E-state index contributed by atoms with van der Waals surface area (Å²) in [5.74, 6) is -0.0280. The summed E-state index contributed by atoms with van der Waals surface area (Å²) in [6, 6.07) is 6.86. The molecule has 140 valence electrons. The molecule has 0 radical (unpaired) electrons. The molecule has 0 bridgehead atoms. The third-order valence-electron chi connectivity index (χ3n) is 4.81. The third kappa shape index (κ3) is 3.86. The number of hydrogen-bond acceptors (Lipinski definition) is 5. The van der Waals surface area contributed by atoms with E-state index in [1.54, 1.807) is 52.4 Å². The molecule has 3 aromatic rings. The number of aliphatic hydroxyl groups is 1. The van der Waals surface area contributed by atoms with Gasteiger partial charge in [-0.2, -0.15) is 5.10 Å². The highest BCUT2D eigenvalue weighted by atomic mass is 35.5. The van der Waals surface area contributed by atoms with Crippen LogP contribution in [0.1, 0.15) is 23.2 Å². The Morgan fingerprint density at radius 2 is 2.19 bits per heavy atom. The van der Waals surface area contributed by atoms with Gasteiger partial charge >= 0.3 is 0 Å². The number of carbonyl (C=O) groups excluding carboxylic acids is 1. The van der Waals surface area contributed by atoms with E-state index >= 15 is 0 Å². The lowest BCUT2D eigenvalue weighted by atomic mass is 10.1. The molecule has 0 saturated heterocycles. The molecule has 0 spiro atoms. The molecule has 8 nitrogen and oxygen atoms in total. The van der Waals surface area contributed by atoms with E-state index in [0.29, 0.717) is 35.7 Å². The Balaban J connectivity index is 1.44. The summed E-state index contributed by atoms with van der Waals surface area (Å²) in [5.41, 5.74) is 1.13. The second-order valence-electron chi connectivity index (χ2n) is 6.73. The number of amides is 1. The number of rotatable bonds is 5. The smallest absolute Gasteiger partial charge is 0.253 e. The number of halogens is 1. The van der Waals surface area contributed by atoms with Crippen molar-refractivity contribution in [3.05, 3.63) is 59.6 Å². The Morgan fingerprint density at radius 1 is 1.33 bits per heavy atom. The van der Waals surface area contributed by atoms with Crippen molar-refractivity contribution in [3.63, 3.8) is 0 Å². The van der Waals surface area contributed by atoms with Gasteiger partial charge in [0.1, 0.15) is 0 Å². The van der Waals surface area contributed by atoms with Crippen molar-refractivity contribution in [1.29, 1.82) is 0 Å². The number of benzene rings is 1. The van der Waals surface area contributed by atoms with E-state index in [2.05, 4.69) is 20.7 Å². The van der Waals surface area contributed by atoms with Gasteiger partial charge in [0.05, 0.1) is 47.0 Å². The highest BCUT2D eigenvalue weighted by molar-refractivity contribution is 6.30. The molecule has 1 amide bonds. The summed E-state index contributed by atoms with van der Waals surface area (Å²) >= 11 is 5.90. The summed E-state index contributed by atoms with van der Waals surface area (Å²) in [7, 11) is 0. The Bertz CT molecular complexity index is 926. The van der Waals surface area contributed by atoms with Crippen LogP contribution >= 0.6 is 11.6 Å². The van der Waals surface area contributed by atoms with Gasteiger partial charge in [0.2, 0.25) is 0 Å². The Kier molecular flexibility index (Phi) is 4.91. The fourth-order valence-corrected chi connectivity index (χ4v) is 3.73. The van der Waals surface area contributed by atoms with Gasteiger partial charge in [-0.3, -0.25) is 9.48 Å². The van der Waals surface area contributed by atoms with Crippen molar-refractivity contribution in [2.45, 2.75) is 31.5 Å². The molecule has 1 saturated carbocycles. The SMILES string of the molecule is O=C(N[C@@H]1CC(Cn2cc(Cl)cn2)C[C@H]1O)c1ccccc1-n1ccnn1. The molecule has 1 aromatic carbocycles. The third-order valence-corrected chi connectivity index (χ3v) is 5.00. The van der Waals surface area contributed by atoms with Crippen LogP contribution in [0.15, 0.2) is 49.1 Å².